The molecular formula is C34H38ClN2O2+. The van der Waals surface area contributed by atoms with Gasteiger partial charge in [-0.05, 0) is 87.1 Å². The van der Waals surface area contributed by atoms with Crippen LogP contribution in [0.4, 0.5) is 5.69 Å². The Morgan fingerprint density at radius 1 is 0.974 bits per heavy atom. The van der Waals surface area contributed by atoms with Crippen LogP contribution in [-0.2, 0) is 6.54 Å². The van der Waals surface area contributed by atoms with Gasteiger partial charge in [0.15, 0.2) is 0 Å². The molecule has 1 atom stereocenters. The highest BCUT2D eigenvalue weighted by atomic mass is 35.5. The third-order valence-corrected chi connectivity index (χ3v) is 8.37. The van der Waals surface area contributed by atoms with Crippen LogP contribution >= 0.6 is 11.6 Å². The van der Waals surface area contributed by atoms with E-state index in [0.29, 0.717) is 6.04 Å². The van der Waals surface area contributed by atoms with Gasteiger partial charge in [-0.2, -0.15) is 4.57 Å². The number of hydrogen-bond donors (Lipinski definition) is 0. The quantitative estimate of drug-likeness (QED) is 0.269. The molecule has 1 unspecified atom stereocenters. The standard InChI is InChI=1S/C34H38ClN2O2/c1-5-36-28(16-12-26-22-30(38-3)18-20-32(26)36)14-10-24-8-7-9-25(34(24)35)11-15-29-17-13-27-23-31(39-4)19-21-33(27)37(29)6-2/h10-14,16-23,29H,5-9,15H2,1-4H3/q+1/b14-10+,25-11+. The summed E-state index contributed by atoms with van der Waals surface area (Å²) in [7, 11) is 3.42. The van der Waals surface area contributed by atoms with Gasteiger partial charge in [0.1, 0.15) is 18.0 Å². The maximum atomic E-state index is 7.01. The van der Waals surface area contributed by atoms with E-state index in [1.807, 2.05) is 12.1 Å². The molecule has 4 nitrogen and oxygen atoms in total. The number of halogens is 1. The third kappa shape index (κ3) is 5.62. The fourth-order valence-electron chi connectivity index (χ4n) is 5.80. The van der Waals surface area contributed by atoms with E-state index in [-0.39, 0.29) is 0 Å². The normalized spacial score (nSPS) is 18.3. The largest absolute Gasteiger partial charge is 0.497 e. The molecule has 0 N–H and O–H groups in total. The first kappa shape index (κ1) is 27.1. The van der Waals surface area contributed by atoms with Gasteiger partial charge in [0, 0.05) is 41.0 Å². The number of likely N-dealkylation sites (N-methyl/N-ethyl adjacent to an activating group) is 1. The summed E-state index contributed by atoms with van der Waals surface area (Å²) in [6.45, 7) is 6.24. The van der Waals surface area contributed by atoms with Crippen LogP contribution in [0.5, 0.6) is 11.5 Å². The molecule has 2 aromatic carbocycles. The molecular weight excluding hydrogens is 504 g/mol. The highest BCUT2D eigenvalue weighted by molar-refractivity contribution is 6.32. The molecule has 0 fully saturated rings. The van der Waals surface area contributed by atoms with Gasteiger partial charge in [-0.15, -0.1) is 0 Å². The van der Waals surface area contributed by atoms with E-state index in [4.69, 9.17) is 21.1 Å². The van der Waals surface area contributed by atoms with Crippen LogP contribution < -0.4 is 18.9 Å². The summed E-state index contributed by atoms with van der Waals surface area (Å²) >= 11 is 7.01. The fraction of sp³-hybridized carbons (Fsp3) is 0.324. The Bertz CT molecular complexity index is 1480. The minimum atomic E-state index is 0.313. The van der Waals surface area contributed by atoms with E-state index >= 15 is 0 Å². The van der Waals surface area contributed by atoms with E-state index in [9.17, 15) is 0 Å². The molecule has 5 rings (SSSR count). The first-order valence-electron chi connectivity index (χ1n) is 14.0. The Labute approximate surface area is 237 Å². The van der Waals surface area contributed by atoms with Gasteiger partial charge in [-0.25, -0.2) is 0 Å². The number of aryl methyl sites for hydroxylation is 1. The SMILES string of the molecule is CCN1c2ccc(OC)cc2C=CC1C/C=C1\CCCC(/C=C/c2ccc3cc(OC)ccc3[n+]2CC)=C1Cl. The number of hydrogen-bond acceptors (Lipinski definition) is 3. The zero-order valence-corrected chi connectivity index (χ0v) is 24.2. The molecule has 1 aromatic heterocycles. The predicted octanol–water partition coefficient (Wildman–Crippen LogP) is 8.09. The van der Waals surface area contributed by atoms with Crippen molar-refractivity contribution in [2.24, 2.45) is 0 Å². The predicted molar refractivity (Wildman–Crippen MR) is 164 cm³/mol. The number of methoxy groups -OCH3 is 2. The van der Waals surface area contributed by atoms with Crippen LogP contribution in [-0.4, -0.2) is 26.8 Å². The zero-order chi connectivity index (χ0) is 27.4. The molecule has 202 valence electrons. The van der Waals surface area contributed by atoms with E-state index < -0.39 is 0 Å². The third-order valence-electron chi connectivity index (χ3n) is 7.89. The molecule has 2 heterocycles. The lowest BCUT2D eigenvalue weighted by Crippen LogP contribution is -2.36. The zero-order valence-electron chi connectivity index (χ0n) is 23.4. The van der Waals surface area contributed by atoms with Crippen molar-refractivity contribution in [3.63, 3.8) is 0 Å². The van der Waals surface area contributed by atoms with Gasteiger partial charge in [0.25, 0.3) is 0 Å². The number of benzene rings is 2. The van der Waals surface area contributed by atoms with Gasteiger partial charge in [0.05, 0.1) is 25.6 Å². The maximum absolute atomic E-state index is 7.01. The summed E-state index contributed by atoms with van der Waals surface area (Å²) in [5.74, 6) is 1.77. The van der Waals surface area contributed by atoms with E-state index in [2.05, 4.69) is 90.1 Å². The Hall–Kier alpha value is -3.50. The molecule has 1 aliphatic heterocycles. The van der Waals surface area contributed by atoms with Gasteiger partial charge in [0.2, 0.25) is 11.2 Å². The summed E-state index contributed by atoms with van der Waals surface area (Å²) in [6.07, 6.45) is 15.4. The molecule has 5 heteroatoms. The van der Waals surface area contributed by atoms with Crippen molar-refractivity contribution in [3.8, 4) is 11.5 Å². The molecule has 1 aliphatic carbocycles. The van der Waals surface area contributed by atoms with Crippen molar-refractivity contribution in [2.45, 2.75) is 52.1 Å². The number of ether oxygens (including phenoxy) is 2. The second kappa shape index (κ2) is 12.1. The number of rotatable bonds is 8. The van der Waals surface area contributed by atoms with Crippen molar-refractivity contribution in [1.82, 2.24) is 0 Å². The van der Waals surface area contributed by atoms with Crippen LogP contribution in [0.25, 0.3) is 23.1 Å². The molecule has 0 bridgehead atoms. The van der Waals surface area contributed by atoms with Crippen molar-refractivity contribution < 1.29 is 14.0 Å². The van der Waals surface area contributed by atoms with Crippen LogP contribution in [0, 0.1) is 0 Å². The van der Waals surface area contributed by atoms with Gasteiger partial charge in [-0.1, -0.05) is 35.9 Å². The number of pyridine rings is 1. The number of aromatic nitrogens is 1. The first-order chi connectivity index (χ1) is 19.1. The lowest BCUT2D eigenvalue weighted by Gasteiger charge is -2.35. The second-order valence-electron chi connectivity index (χ2n) is 10.1. The van der Waals surface area contributed by atoms with Gasteiger partial charge >= 0.3 is 0 Å². The van der Waals surface area contributed by atoms with Crippen LogP contribution in [0.3, 0.4) is 0 Å². The summed E-state index contributed by atoms with van der Waals surface area (Å²) < 4.78 is 13.2. The Kier molecular flexibility index (Phi) is 8.42. The monoisotopic (exact) mass is 541 g/mol. The van der Waals surface area contributed by atoms with Gasteiger partial charge in [-0.3, -0.25) is 0 Å². The average Bonchev–Trinajstić information content (AvgIpc) is 2.98. The van der Waals surface area contributed by atoms with Crippen LogP contribution in [0.15, 0.2) is 82.9 Å². The molecule has 0 saturated heterocycles. The van der Waals surface area contributed by atoms with E-state index in [0.717, 1.165) is 55.3 Å². The van der Waals surface area contributed by atoms with Gasteiger partial charge < -0.3 is 14.4 Å². The van der Waals surface area contributed by atoms with Crippen molar-refractivity contribution in [2.75, 3.05) is 25.7 Å². The van der Waals surface area contributed by atoms with E-state index in [1.54, 1.807) is 14.2 Å². The molecule has 0 spiro atoms. The minimum absolute atomic E-state index is 0.313. The van der Waals surface area contributed by atoms with Crippen molar-refractivity contribution >= 4 is 40.3 Å². The Morgan fingerprint density at radius 3 is 2.54 bits per heavy atom. The molecule has 0 radical (unpaired) electrons. The van der Waals surface area contributed by atoms with Crippen LogP contribution in [0.2, 0.25) is 0 Å². The fourth-order valence-corrected chi connectivity index (χ4v) is 6.13. The Balaban J connectivity index is 1.37. The number of anilines is 1. The summed E-state index contributed by atoms with van der Waals surface area (Å²) in [5.41, 5.74) is 7.32. The molecule has 0 saturated carbocycles. The Morgan fingerprint density at radius 2 is 1.77 bits per heavy atom. The van der Waals surface area contributed by atoms with Crippen molar-refractivity contribution in [3.05, 3.63) is 94.2 Å². The lowest BCUT2D eigenvalue weighted by atomic mass is 9.92. The number of fused-ring (bicyclic) bond motifs is 2. The highest BCUT2D eigenvalue weighted by Gasteiger charge is 2.22. The molecule has 39 heavy (non-hydrogen) atoms. The lowest BCUT2D eigenvalue weighted by molar-refractivity contribution is -0.669. The number of allylic oxidation sites excluding steroid dienone is 4. The average molecular weight is 542 g/mol. The van der Waals surface area contributed by atoms with Crippen LogP contribution in [0.1, 0.15) is 50.8 Å². The first-order valence-corrected chi connectivity index (χ1v) is 14.3. The summed E-state index contributed by atoms with van der Waals surface area (Å²) in [5, 5.41) is 2.09. The molecule has 0 amide bonds. The number of nitrogens with zero attached hydrogens (tertiary/aromatic N) is 2. The minimum Gasteiger partial charge on any atom is -0.497 e. The smallest absolute Gasteiger partial charge is 0.213 e. The highest BCUT2D eigenvalue weighted by Crippen LogP contribution is 2.36. The van der Waals surface area contributed by atoms with E-state index in [1.165, 1.54) is 39.0 Å². The molecule has 2 aliphatic rings. The maximum Gasteiger partial charge on any atom is 0.213 e. The van der Waals surface area contributed by atoms with Crippen molar-refractivity contribution in [1.29, 1.82) is 0 Å². The second-order valence-corrected chi connectivity index (χ2v) is 10.4. The topological polar surface area (TPSA) is 25.6 Å². The summed E-state index contributed by atoms with van der Waals surface area (Å²) in [6, 6.07) is 17.2. The summed E-state index contributed by atoms with van der Waals surface area (Å²) in [4.78, 5) is 2.46. The molecule has 3 aromatic rings.